The van der Waals surface area contributed by atoms with Crippen molar-refractivity contribution < 1.29 is 0 Å². The molecule has 0 bridgehead atoms. The summed E-state index contributed by atoms with van der Waals surface area (Å²) >= 11 is 5.75. The maximum absolute atomic E-state index is 11.9. The quantitative estimate of drug-likeness (QED) is 0.888. The molecule has 0 aromatic carbocycles. The number of pyridine rings is 1. The molecule has 2 rings (SSSR count). The van der Waals surface area contributed by atoms with E-state index >= 15 is 0 Å². The largest absolute Gasteiger partial charge is 0.383 e. The van der Waals surface area contributed by atoms with Gasteiger partial charge >= 0.3 is 0 Å². The second kappa shape index (κ2) is 5.18. The van der Waals surface area contributed by atoms with E-state index in [1.54, 1.807) is 12.1 Å². The Balaban J connectivity index is 2.48. The molecule has 94 valence electrons. The number of H-pyrrole nitrogens is 1. The van der Waals surface area contributed by atoms with Gasteiger partial charge in [-0.15, -0.1) is 0 Å². The second-order valence-corrected chi connectivity index (χ2v) is 4.33. The normalized spacial score (nSPS) is 10.6. The first-order chi connectivity index (χ1) is 8.61. The van der Waals surface area contributed by atoms with E-state index in [0.29, 0.717) is 28.5 Å². The van der Waals surface area contributed by atoms with Crippen molar-refractivity contribution in [2.75, 3.05) is 5.73 Å². The van der Waals surface area contributed by atoms with E-state index in [1.807, 2.05) is 6.92 Å². The number of aromatic amines is 1. The average Bonchev–Trinajstić information content (AvgIpc) is 2.34. The summed E-state index contributed by atoms with van der Waals surface area (Å²) in [6, 6.07) is 3.36. The van der Waals surface area contributed by atoms with Crippen molar-refractivity contribution in [3.05, 3.63) is 39.3 Å². The number of anilines is 1. The van der Waals surface area contributed by atoms with Gasteiger partial charge in [0.15, 0.2) is 5.82 Å². The van der Waals surface area contributed by atoms with Gasteiger partial charge in [0.1, 0.15) is 11.5 Å². The summed E-state index contributed by atoms with van der Waals surface area (Å²) in [6.07, 6.45) is 2.95. The smallest absolute Gasteiger partial charge is 0.256 e. The van der Waals surface area contributed by atoms with E-state index < -0.39 is 0 Å². The Hall–Kier alpha value is -1.88. The summed E-state index contributed by atoms with van der Waals surface area (Å²) in [5.74, 6) is 0.612. The molecule has 2 heterocycles. The highest BCUT2D eigenvalue weighted by atomic mass is 35.5. The molecule has 0 spiro atoms. The summed E-state index contributed by atoms with van der Waals surface area (Å²) in [7, 11) is 0. The van der Waals surface area contributed by atoms with Crippen LogP contribution in [0.5, 0.6) is 0 Å². The molecule has 6 heteroatoms. The lowest BCUT2D eigenvalue weighted by atomic mass is 10.2. The summed E-state index contributed by atoms with van der Waals surface area (Å²) < 4.78 is 0. The van der Waals surface area contributed by atoms with Crippen LogP contribution in [0.2, 0.25) is 5.02 Å². The Kier molecular flexibility index (Phi) is 3.62. The van der Waals surface area contributed by atoms with Gasteiger partial charge in [0, 0.05) is 6.20 Å². The monoisotopic (exact) mass is 264 g/mol. The zero-order valence-corrected chi connectivity index (χ0v) is 10.7. The third-order valence-electron chi connectivity index (χ3n) is 2.52. The fourth-order valence-electron chi connectivity index (χ4n) is 1.64. The van der Waals surface area contributed by atoms with Gasteiger partial charge in [-0.1, -0.05) is 24.9 Å². The van der Waals surface area contributed by atoms with Crippen molar-refractivity contribution in [2.24, 2.45) is 0 Å². The molecule has 3 N–H and O–H groups in total. The van der Waals surface area contributed by atoms with Crippen LogP contribution in [-0.2, 0) is 6.42 Å². The van der Waals surface area contributed by atoms with Crippen LogP contribution in [0.4, 0.5) is 5.82 Å². The maximum Gasteiger partial charge on any atom is 0.256 e. The second-order valence-electron chi connectivity index (χ2n) is 3.89. The lowest BCUT2D eigenvalue weighted by Crippen LogP contribution is -2.18. The highest BCUT2D eigenvalue weighted by Crippen LogP contribution is 2.15. The van der Waals surface area contributed by atoms with Crippen LogP contribution >= 0.6 is 11.6 Å². The minimum atomic E-state index is -0.212. The molecule has 0 fully saturated rings. The molecule has 5 nitrogen and oxygen atoms in total. The number of nitrogens with two attached hydrogens (primary N) is 1. The standard InChI is InChI=1S/C12H13ClN4O/c1-2-3-8-10(14)16-11(17-12(8)18)9-5-4-7(13)6-15-9/h4-6H,2-3H2,1H3,(H3,14,16,17,18). The number of aromatic nitrogens is 3. The molecular formula is C12H13ClN4O. The highest BCUT2D eigenvalue weighted by molar-refractivity contribution is 6.30. The van der Waals surface area contributed by atoms with Crippen molar-refractivity contribution in [1.29, 1.82) is 0 Å². The summed E-state index contributed by atoms with van der Waals surface area (Å²) in [5, 5.41) is 0.525. The molecule has 0 unspecified atom stereocenters. The SMILES string of the molecule is CCCc1c(N)nc(-c2ccc(Cl)cn2)[nH]c1=O. The number of hydrogen-bond acceptors (Lipinski definition) is 4. The van der Waals surface area contributed by atoms with Gasteiger partial charge in [0.05, 0.1) is 10.6 Å². The topological polar surface area (TPSA) is 84.7 Å². The number of nitrogen functional groups attached to an aromatic ring is 1. The molecule has 0 amide bonds. The maximum atomic E-state index is 11.9. The molecule has 2 aromatic rings. The Labute approximate surface area is 109 Å². The highest BCUT2D eigenvalue weighted by Gasteiger charge is 2.10. The number of rotatable bonds is 3. The Morgan fingerprint density at radius 1 is 1.44 bits per heavy atom. The molecule has 18 heavy (non-hydrogen) atoms. The van der Waals surface area contributed by atoms with Crippen LogP contribution in [0.25, 0.3) is 11.5 Å². The van der Waals surface area contributed by atoms with E-state index in [9.17, 15) is 4.79 Å². The van der Waals surface area contributed by atoms with Gasteiger partial charge in [-0.3, -0.25) is 9.78 Å². The predicted octanol–water partition coefficient (Wildman–Crippen LogP) is 2.02. The van der Waals surface area contributed by atoms with Crippen molar-refractivity contribution in [1.82, 2.24) is 15.0 Å². The van der Waals surface area contributed by atoms with E-state index in [0.717, 1.165) is 6.42 Å². The summed E-state index contributed by atoms with van der Waals surface area (Å²) in [6.45, 7) is 1.98. The van der Waals surface area contributed by atoms with Crippen molar-refractivity contribution in [3.63, 3.8) is 0 Å². The Morgan fingerprint density at radius 2 is 2.22 bits per heavy atom. The minimum Gasteiger partial charge on any atom is -0.383 e. The molecule has 0 aliphatic heterocycles. The zero-order chi connectivity index (χ0) is 13.1. The predicted molar refractivity (Wildman–Crippen MR) is 71.5 cm³/mol. The Bertz CT molecular complexity index is 606. The Morgan fingerprint density at radius 3 is 2.78 bits per heavy atom. The van der Waals surface area contributed by atoms with E-state index in [-0.39, 0.29) is 11.4 Å². The fraction of sp³-hybridized carbons (Fsp3) is 0.250. The molecule has 0 radical (unpaired) electrons. The number of hydrogen-bond donors (Lipinski definition) is 2. The van der Waals surface area contributed by atoms with Gasteiger partial charge in [0.2, 0.25) is 0 Å². The summed E-state index contributed by atoms with van der Waals surface area (Å²) in [4.78, 5) is 22.8. The first-order valence-corrected chi connectivity index (χ1v) is 6.00. The van der Waals surface area contributed by atoms with Crippen molar-refractivity contribution >= 4 is 17.4 Å². The van der Waals surface area contributed by atoms with E-state index in [4.69, 9.17) is 17.3 Å². The van der Waals surface area contributed by atoms with Crippen LogP contribution in [0.3, 0.4) is 0 Å². The molecule has 2 aromatic heterocycles. The molecule has 0 aliphatic rings. The number of halogens is 1. The van der Waals surface area contributed by atoms with Gasteiger partial charge in [0.25, 0.3) is 5.56 Å². The molecular weight excluding hydrogens is 252 g/mol. The molecule has 0 saturated carbocycles. The number of nitrogens with zero attached hydrogens (tertiary/aromatic N) is 2. The molecule has 0 aliphatic carbocycles. The van der Waals surface area contributed by atoms with Crippen LogP contribution in [-0.4, -0.2) is 15.0 Å². The van der Waals surface area contributed by atoms with E-state index in [2.05, 4.69) is 15.0 Å². The van der Waals surface area contributed by atoms with Gasteiger partial charge in [-0.25, -0.2) is 4.98 Å². The van der Waals surface area contributed by atoms with Crippen molar-refractivity contribution in [3.8, 4) is 11.5 Å². The molecule has 0 atom stereocenters. The van der Waals surface area contributed by atoms with Crippen LogP contribution < -0.4 is 11.3 Å². The first kappa shape index (κ1) is 12.6. The van der Waals surface area contributed by atoms with E-state index in [1.165, 1.54) is 6.20 Å². The minimum absolute atomic E-state index is 0.212. The van der Waals surface area contributed by atoms with Crippen LogP contribution in [0, 0.1) is 0 Å². The van der Waals surface area contributed by atoms with Gasteiger partial charge in [-0.2, -0.15) is 0 Å². The third-order valence-corrected chi connectivity index (χ3v) is 2.74. The lowest BCUT2D eigenvalue weighted by Gasteiger charge is -2.05. The van der Waals surface area contributed by atoms with Gasteiger partial charge < -0.3 is 10.7 Å². The average molecular weight is 265 g/mol. The van der Waals surface area contributed by atoms with Crippen LogP contribution in [0.15, 0.2) is 23.1 Å². The molecule has 0 saturated heterocycles. The first-order valence-electron chi connectivity index (χ1n) is 5.62. The zero-order valence-electron chi connectivity index (χ0n) is 9.90. The number of nitrogens with one attached hydrogen (secondary N) is 1. The van der Waals surface area contributed by atoms with Crippen LogP contribution in [0.1, 0.15) is 18.9 Å². The third kappa shape index (κ3) is 2.51. The van der Waals surface area contributed by atoms with Gasteiger partial charge in [-0.05, 0) is 18.6 Å². The lowest BCUT2D eigenvalue weighted by molar-refractivity contribution is 0.891. The summed E-state index contributed by atoms with van der Waals surface area (Å²) in [5.41, 5.74) is 6.64. The fourth-order valence-corrected chi connectivity index (χ4v) is 1.76. The van der Waals surface area contributed by atoms with Crippen molar-refractivity contribution in [2.45, 2.75) is 19.8 Å².